The second-order valence-electron chi connectivity index (χ2n) is 5.90. The number of carbonyl (C=O) groups is 3. The molecule has 166 valence electrons. The highest BCUT2D eigenvalue weighted by atomic mass is 35.5. The lowest BCUT2D eigenvalue weighted by Gasteiger charge is -2.15. The van der Waals surface area contributed by atoms with Crippen LogP contribution in [0.5, 0.6) is 0 Å². The lowest BCUT2D eigenvalue weighted by molar-refractivity contribution is -0.119. The number of nitrogens with one attached hydrogen (secondary N) is 1. The Morgan fingerprint density at radius 1 is 1.06 bits per heavy atom. The molecule has 0 heterocycles. The van der Waals surface area contributed by atoms with Crippen LogP contribution in [-0.2, 0) is 29.1 Å². The smallest absolute Gasteiger partial charge is 0.339 e. The molecule has 2 rings (SSSR count). The van der Waals surface area contributed by atoms with E-state index in [1.54, 1.807) is 12.1 Å². The van der Waals surface area contributed by atoms with Crippen LogP contribution in [-0.4, -0.2) is 58.6 Å². The Balaban J connectivity index is 2.11. The van der Waals surface area contributed by atoms with E-state index in [2.05, 4.69) is 14.9 Å². The van der Waals surface area contributed by atoms with Crippen molar-refractivity contribution in [2.24, 2.45) is 0 Å². The number of esters is 2. The topological polar surface area (TPSA) is 128 Å². The van der Waals surface area contributed by atoms with E-state index in [4.69, 9.17) is 16.3 Å². The standard InChI is InChI=1S/C19H19ClN2O8S/c1-22(29-3)31(26,27)16-10-12(8-9-14(16)20)18(24)30-11-17(23)21-15-7-5-4-6-13(15)19(25)28-2/h4-10H,11H2,1-3H3,(H,21,23). The zero-order valence-electron chi connectivity index (χ0n) is 16.7. The summed E-state index contributed by atoms with van der Waals surface area (Å²) in [6.45, 7) is -0.684. The molecule has 0 saturated carbocycles. The minimum Gasteiger partial charge on any atom is -0.465 e. The molecular formula is C19H19ClN2O8S. The predicted octanol–water partition coefficient (Wildman–Crippen LogP) is 2.10. The van der Waals surface area contributed by atoms with Crippen LogP contribution < -0.4 is 5.32 Å². The van der Waals surface area contributed by atoms with Crippen molar-refractivity contribution < 1.29 is 37.1 Å². The molecule has 0 atom stereocenters. The fraction of sp³-hybridized carbons (Fsp3) is 0.211. The number of anilines is 1. The van der Waals surface area contributed by atoms with Gasteiger partial charge in [0.1, 0.15) is 4.90 Å². The third kappa shape index (κ3) is 5.79. The van der Waals surface area contributed by atoms with Gasteiger partial charge in [-0.1, -0.05) is 28.2 Å². The average Bonchev–Trinajstić information content (AvgIpc) is 2.76. The number of hydroxylamine groups is 1. The van der Waals surface area contributed by atoms with Gasteiger partial charge in [0.05, 0.1) is 36.1 Å². The summed E-state index contributed by atoms with van der Waals surface area (Å²) < 4.78 is 35.0. The number of hydrogen-bond acceptors (Lipinski definition) is 8. The Morgan fingerprint density at radius 2 is 1.74 bits per heavy atom. The van der Waals surface area contributed by atoms with Crippen LogP contribution in [0.1, 0.15) is 20.7 Å². The molecule has 0 fully saturated rings. The molecule has 1 amide bonds. The van der Waals surface area contributed by atoms with Crippen molar-refractivity contribution in [3.63, 3.8) is 0 Å². The highest BCUT2D eigenvalue weighted by Gasteiger charge is 2.25. The zero-order valence-corrected chi connectivity index (χ0v) is 18.3. The van der Waals surface area contributed by atoms with Crippen molar-refractivity contribution >= 4 is 45.2 Å². The summed E-state index contributed by atoms with van der Waals surface area (Å²) in [4.78, 5) is 40.5. The van der Waals surface area contributed by atoms with Gasteiger partial charge >= 0.3 is 11.9 Å². The highest BCUT2D eigenvalue weighted by Crippen LogP contribution is 2.25. The third-order valence-electron chi connectivity index (χ3n) is 3.98. The number of sulfonamides is 1. The number of hydrogen-bond donors (Lipinski definition) is 1. The van der Waals surface area contributed by atoms with Crippen LogP contribution in [0, 0.1) is 0 Å². The van der Waals surface area contributed by atoms with E-state index in [1.165, 1.54) is 31.4 Å². The first-order valence-electron chi connectivity index (χ1n) is 8.58. The first-order chi connectivity index (χ1) is 14.6. The number of amides is 1. The average molecular weight is 471 g/mol. The number of methoxy groups -OCH3 is 1. The molecule has 0 bridgehead atoms. The fourth-order valence-corrected chi connectivity index (χ4v) is 3.82. The molecule has 0 aromatic heterocycles. The molecule has 31 heavy (non-hydrogen) atoms. The van der Waals surface area contributed by atoms with E-state index < -0.39 is 34.5 Å². The van der Waals surface area contributed by atoms with Gasteiger partial charge in [-0.05, 0) is 30.3 Å². The largest absolute Gasteiger partial charge is 0.465 e. The van der Waals surface area contributed by atoms with Gasteiger partial charge in [-0.2, -0.15) is 0 Å². The van der Waals surface area contributed by atoms with Crippen LogP contribution in [0.4, 0.5) is 5.69 Å². The summed E-state index contributed by atoms with van der Waals surface area (Å²) in [5, 5.41) is 2.32. The van der Waals surface area contributed by atoms with Crippen LogP contribution >= 0.6 is 11.6 Å². The number of rotatable bonds is 8. The van der Waals surface area contributed by atoms with E-state index in [9.17, 15) is 22.8 Å². The highest BCUT2D eigenvalue weighted by molar-refractivity contribution is 7.89. The summed E-state index contributed by atoms with van der Waals surface area (Å²) in [6.07, 6.45) is 0. The van der Waals surface area contributed by atoms with Crippen LogP contribution in [0.15, 0.2) is 47.4 Å². The molecule has 0 aliphatic rings. The molecule has 2 aromatic rings. The minimum atomic E-state index is -4.11. The molecule has 10 nitrogen and oxygen atoms in total. The maximum Gasteiger partial charge on any atom is 0.339 e. The lowest BCUT2D eigenvalue weighted by atomic mass is 10.2. The number of para-hydroxylation sites is 1. The summed E-state index contributed by atoms with van der Waals surface area (Å²) >= 11 is 5.94. The Bertz CT molecular complexity index is 1100. The molecule has 0 unspecified atom stereocenters. The van der Waals surface area contributed by atoms with E-state index in [0.29, 0.717) is 4.47 Å². The second kappa shape index (κ2) is 10.4. The van der Waals surface area contributed by atoms with Crippen LogP contribution in [0.3, 0.4) is 0 Å². The zero-order chi connectivity index (χ0) is 23.2. The number of benzene rings is 2. The van der Waals surface area contributed by atoms with E-state index in [0.717, 1.165) is 20.2 Å². The van der Waals surface area contributed by atoms with Crippen LogP contribution in [0.2, 0.25) is 5.02 Å². The Labute approximate surface area is 183 Å². The van der Waals surface area contributed by atoms with Crippen molar-refractivity contribution in [1.29, 1.82) is 0 Å². The lowest BCUT2D eigenvalue weighted by Crippen LogP contribution is -2.26. The van der Waals surface area contributed by atoms with E-state index in [1.807, 2.05) is 0 Å². The first-order valence-corrected chi connectivity index (χ1v) is 10.4. The summed E-state index contributed by atoms with van der Waals surface area (Å²) in [5.74, 6) is -2.32. The number of nitrogens with zero attached hydrogens (tertiary/aromatic N) is 1. The second-order valence-corrected chi connectivity index (χ2v) is 8.22. The van der Waals surface area contributed by atoms with Crippen molar-refractivity contribution in [3.8, 4) is 0 Å². The summed E-state index contributed by atoms with van der Waals surface area (Å²) in [5.41, 5.74) is 0.160. The van der Waals surface area contributed by atoms with Gasteiger partial charge in [-0.3, -0.25) is 9.63 Å². The summed E-state index contributed by atoms with van der Waals surface area (Å²) in [7, 11) is -0.600. The molecule has 0 aliphatic carbocycles. The van der Waals surface area contributed by atoms with E-state index >= 15 is 0 Å². The molecular weight excluding hydrogens is 452 g/mol. The molecule has 2 aromatic carbocycles. The third-order valence-corrected chi connectivity index (χ3v) is 6.14. The molecule has 0 spiro atoms. The number of carbonyl (C=O) groups excluding carboxylic acids is 3. The molecule has 12 heteroatoms. The van der Waals surface area contributed by atoms with Crippen molar-refractivity contribution in [2.75, 3.05) is 33.2 Å². The van der Waals surface area contributed by atoms with Gasteiger partial charge < -0.3 is 14.8 Å². The molecule has 0 saturated heterocycles. The monoisotopic (exact) mass is 470 g/mol. The van der Waals surface area contributed by atoms with Crippen molar-refractivity contribution in [3.05, 3.63) is 58.6 Å². The maximum absolute atomic E-state index is 12.4. The molecule has 0 radical (unpaired) electrons. The Hall–Kier alpha value is -2.99. The fourth-order valence-electron chi connectivity index (χ4n) is 2.35. The van der Waals surface area contributed by atoms with E-state index in [-0.39, 0.29) is 26.7 Å². The van der Waals surface area contributed by atoms with Gasteiger partial charge in [-0.25, -0.2) is 18.0 Å². The SMILES string of the molecule is COC(=O)c1ccccc1NC(=O)COC(=O)c1ccc(Cl)c(S(=O)(=O)N(C)OC)c1. The maximum atomic E-state index is 12.4. The van der Waals surface area contributed by atoms with Crippen molar-refractivity contribution in [2.45, 2.75) is 4.90 Å². The van der Waals surface area contributed by atoms with Gasteiger partial charge in [0.25, 0.3) is 15.9 Å². The quantitative estimate of drug-likeness (QED) is 0.458. The van der Waals surface area contributed by atoms with Gasteiger partial charge in [-0.15, -0.1) is 0 Å². The Morgan fingerprint density at radius 3 is 2.39 bits per heavy atom. The van der Waals surface area contributed by atoms with Crippen molar-refractivity contribution in [1.82, 2.24) is 4.47 Å². The number of ether oxygens (including phenoxy) is 2. The van der Waals surface area contributed by atoms with Crippen LogP contribution in [0.25, 0.3) is 0 Å². The van der Waals surface area contributed by atoms with Gasteiger partial charge in [0, 0.05) is 7.05 Å². The molecule has 1 N–H and O–H groups in total. The molecule has 0 aliphatic heterocycles. The number of halogens is 1. The van der Waals surface area contributed by atoms with Gasteiger partial charge in [0.15, 0.2) is 6.61 Å². The predicted molar refractivity (Wildman–Crippen MR) is 110 cm³/mol. The van der Waals surface area contributed by atoms with Gasteiger partial charge in [0.2, 0.25) is 0 Å². The first kappa shape index (κ1) is 24.3. The minimum absolute atomic E-state index is 0.125. The normalized spacial score (nSPS) is 11.1. The Kier molecular flexibility index (Phi) is 8.11. The summed E-state index contributed by atoms with van der Waals surface area (Å²) in [6, 6.07) is 9.60.